The van der Waals surface area contributed by atoms with Crippen molar-refractivity contribution in [3.8, 4) is 22.3 Å². The third kappa shape index (κ3) is 3.52. The van der Waals surface area contributed by atoms with Gasteiger partial charge >= 0.3 is 0 Å². The molecule has 0 aliphatic heterocycles. The molecular weight excluding hydrogens is 456 g/mol. The fourth-order valence-electron chi connectivity index (χ4n) is 6.59. The molecule has 0 heteroatoms. The zero-order valence-electron chi connectivity index (χ0n) is 21.7. The third-order valence-corrected chi connectivity index (χ3v) is 8.31. The molecule has 7 rings (SSSR count). The standard InChI is InChI=1S/C38H30/c1-27-11-10-12-30(25-27)28-19-21-29(22-20-28)31-23-24-37-35(26-31)34-17-8-9-18-36(34)38(37,32-13-4-2-5-14-32)33-15-6-3-7-16-33/h2-7,9-16,18-26H,8,17H2,1H3. The first-order chi connectivity index (χ1) is 18.7. The zero-order chi connectivity index (χ0) is 25.5. The molecule has 0 aromatic heterocycles. The summed E-state index contributed by atoms with van der Waals surface area (Å²) >= 11 is 0. The van der Waals surface area contributed by atoms with E-state index < -0.39 is 0 Å². The Balaban J connectivity index is 1.40. The number of hydrogen-bond acceptors (Lipinski definition) is 0. The molecule has 0 nitrogen and oxygen atoms in total. The molecule has 0 amide bonds. The lowest BCUT2D eigenvalue weighted by Crippen LogP contribution is -2.29. The van der Waals surface area contributed by atoms with Gasteiger partial charge in [0.15, 0.2) is 0 Å². The molecule has 0 heterocycles. The van der Waals surface area contributed by atoms with Crippen LogP contribution in [-0.4, -0.2) is 0 Å². The van der Waals surface area contributed by atoms with Crippen molar-refractivity contribution in [3.05, 3.63) is 173 Å². The smallest absolute Gasteiger partial charge is 0.0710 e. The molecule has 2 aliphatic carbocycles. The summed E-state index contributed by atoms with van der Waals surface area (Å²) in [5.41, 5.74) is 14.4. The van der Waals surface area contributed by atoms with E-state index >= 15 is 0 Å². The maximum Gasteiger partial charge on any atom is 0.0710 e. The van der Waals surface area contributed by atoms with Gasteiger partial charge in [-0.05, 0) is 81.5 Å². The van der Waals surface area contributed by atoms with Crippen LogP contribution in [0.3, 0.4) is 0 Å². The molecule has 5 aromatic carbocycles. The van der Waals surface area contributed by atoms with Crippen molar-refractivity contribution in [2.45, 2.75) is 25.2 Å². The van der Waals surface area contributed by atoms with Crippen LogP contribution in [0.25, 0.3) is 27.8 Å². The summed E-state index contributed by atoms with van der Waals surface area (Å²) in [6.07, 6.45) is 6.93. The minimum absolute atomic E-state index is 0.294. The first-order valence-corrected chi connectivity index (χ1v) is 13.6. The first kappa shape index (κ1) is 22.8. The van der Waals surface area contributed by atoms with E-state index in [9.17, 15) is 0 Å². The van der Waals surface area contributed by atoms with Crippen LogP contribution in [0, 0.1) is 6.92 Å². The molecular formula is C38H30. The fraction of sp³-hybridized carbons (Fsp3) is 0.105. The van der Waals surface area contributed by atoms with Gasteiger partial charge in [-0.15, -0.1) is 0 Å². The Morgan fingerprint density at radius 3 is 1.79 bits per heavy atom. The van der Waals surface area contributed by atoms with Crippen LogP contribution in [0.2, 0.25) is 0 Å². The van der Waals surface area contributed by atoms with E-state index in [1.54, 1.807) is 0 Å². The topological polar surface area (TPSA) is 0 Å². The summed E-state index contributed by atoms with van der Waals surface area (Å²) in [7, 11) is 0. The quantitative estimate of drug-likeness (QED) is 0.237. The Morgan fingerprint density at radius 1 is 0.553 bits per heavy atom. The molecule has 2 aliphatic rings. The second-order valence-corrected chi connectivity index (χ2v) is 10.5. The molecule has 0 unspecified atom stereocenters. The van der Waals surface area contributed by atoms with Gasteiger partial charge in [0.05, 0.1) is 5.41 Å². The van der Waals surface area contributed by atoms with Crippen molar-refractivity contribution in [1.29, 1.82) is 0 Å². The van der Waals surface area contributed by atoms with Gasteiger partial charge in [-0.3, -0.25) is 0 Å². The number of allylic oxidation sites excluding steroid dienone is 4. The van der Waals surface area contributed by atoms with Gasteiger partial charge in [-0.25, -0.2) is 0 Å². The Hall–Kier alpha value is -4.42. The molecule has 0 radical (unpaired) electrons. The number of aryl methyl sites for hydroxylation is 1. The van der Waals surface area contributed by atoms with Crippen molar-refractivity contribution in [2.75, 3.05) is 0 Å². The SMILES string of the molecule is Cc1cccc(-c2ccc(-c3ccc4c(c3)C3=C(C=CCC3)C4(c3ccccc3)c3ccccc3)cc2)c1. The van der Waals surface area contributed by atoms with Crippen LogP contribution in [-0.2, 0) is 5.41 Å². The van der Waals surface area contributed by atoms with Crippen LogP contribution in [0.1, 0.15) is 40.7 Å². The summed E-state index contributed by atoms with van der Waals surface area (Å²) in [5, 5.41) is 0. The van der Waals surface area contributed by atoms with E-state index in [0.29, 0.717) is 0 Å². The number of rotatable bonds is 4. The molecule has 182 valence electrons. The third-order valence-electron chi connectivity index (χ3n) is 8.31. The summed E-state index contributed by atoms with van der Waals surface area (Å²) in [6.45, 7) is 2.15. The molecule has 0 saturated carbocycles. The lowest BCUT2D eigenvalue weighted by molar-refractivity contribution is 0.756. The Bertz CT molecular complexity index is 1640. The highest BCUT2D eigenvalue weighted by Gasteiger charge is 2.47. The minimum atomic E-state index is -0.294. The second kappa shape index (κ2) is 9.15. The van der Waals surface area contributed by atoms with Crippen molar-refractivity contribution in [3.63, 3.8) is 0 Å². The van der Waals surface area contributed by atoms with Crippen LogP contribution >= 0.6 is 0 Å². The van der Waals surface area contributed by atoms with Crippen LogP contribution in [0.5, 0.6) is 0 Å². The first-order valence-electron chi connectivity index (χ1n) is 13.6. The Morgan fingerprint density at radius 2 is 1.16 bits per heavy atom. The van der Waals surface area contributed by atoms with Crippen molar-refractivity contribution in [2.24, 2.45) is 0 Å². The zero-order valence-corrected chi connectivity index (χ0v) is 21.7. The van der Waals surface area contributed by atoms with Crippen LogP contribution < -0.4 is 0 Å². The molecule has 0 bridgehead atoms. The number of hydrogen-bond donors (Lipinski definition) is 0. The lowest BCUT2D eigenvalue weighted by atomic mass is 9.66. The van der Waals surface area contributed by atoms with Crippen molar-refractivity contribution < 1.29 is 0 Å². The van der Waals surface area contributed by atoms with Gasteiger partial charge in [-0.2, -0.15) is 0 Å². The van der Waals surface area contributed by atoms with E-state index in [-0.39, 0.29) is 5.41 Å². The average molecular weight is 487 g/mol. The van der Waals surface area contributed by atoms with Gasteiger partial charge in [0.2, 0.25) is 0 Å². The monoisotopic (exact) mass is 486 g/mol. The van der Waals surface area contributed by atoms with E-state index in [2.05, 4.69) is 146 Å². The van der Waals surface area contributed by atoms with Gasteiger partial charge < -0.3 is 0 Å². The van der Waals surface area contributed by atoms with Crippen LogP contribution in [0.4, 0.5) is 0 Å². The molecule has 0 spiro atoms. The number of benzene rings is 5. The molecule has 0 atom stereocenters. The van der Waals surface area contributed by atoms with Gasteiger partial charge in [-0.1, -0.05) is 139 Å². The highest BCUT2D eigenvalue weighted by Crippen LogP contribution is 2.57. The highest BCUT2D eigenvalue weighted by atomic mass is 14.5. The Labute approximate surface area is 225 Å². The molecule has 5 aromatic rings. The second-order valence-electron chi connectivity index (χ2n) is 10.5. The molecule has 0 fully saturated rings. The number of fused-ring (bicyclic) bond motifs is 2. The lowest BCUT2D eigenvalue weighted by Gasteiger charge is -2.35. The van der Waals surface area contributed by atoms with E-state index in [1.807, 2.05) is 0 Å². The van der Waals surface area contributed by atoms with E-state index in [1.165, 1.54) is 61.2 Å². The van der Waals surface area contributed by atoms with Gasteiger partial charge in [0.25, 0.3) is 0 Å². The molecule has 38 heavy (non-hydrogen) atoms. The van der Waals surface area contributed by atoms with Gasteiger partial charge in [0.1, 0.15) is 0 Å². The van der Waals surface area contributed by atoms with Gasteiger partial charge in [0, 0.05) is 0 Å². The Kier molecular flexibility index (Phi) is 5.48. The maximum absolute atomic E-state index is 2.44. The summed E-state index contributed by atoms with van der Waals surface area (Å²) in [6, 6.07) is 47.1. The summed E-state index contributed by atoms with van der Waals surface area (Å²) in [4.78, 5) is 0. The minimum Gasteiger partial charge on any atom is -0.0839 e. The maximum atomic E-state index is 2.44. The predicted molar refractivity (Wildman–Crippen MR) is 160 cm³/mol. The van der Waals surface area contributed by atoms with E-state index in [0.717, 1.165) is 12.8 Å². The van der Waals surface area contributed by atoms with E-state index in [4.69, 9.17) is 0 Å². The summed E-state index contributed by atoms with van der Waals surface area (Å²) in [5.74, 6) is 0. The molecule has 0 N–H and O–H groups in total. The van der Waals surface area contributed by atoms with Crippen molar-refractivity contribution in [1.82, 2.24) is 0 Å². The summed E-state index contributed by atoms with van der Waals surface area (Å²) < 4.78 is 0. The van der Waals surface area contributed by atoms with Crippen LogP contribution in [0.15, 0.2) is 145 Å². The largest absolute Gasteiger partial charge is 0.0839 e. The van der Waals surface area contributed by atoms with Crippen molar-refractivity contribution >= 4 is 5.57 Å². The fourth-order valence-corrected chi connectivity index (χ4v) is 6.59. The molecule has 0 saturated heterocycles. The predicted octanol–water partition coefficient (Wildman–Crippen LogP) is 9.78. The average Bonchev–Trinajstić information content (AvgIpc) is 3.29. The highest BCUT2D eigenvalue weighted by molar-refractivity contribution is 5.90. The normalized spacial score (nSPS) is 15.3.